The van der Waals surface area contributed by atoms with Gasteiger partial charge in [-0.25, -0.2) is 0 Å². The summed E-state index contributed by atoms with van der Waals surface area (Å²) in [5.74, 6) is 0.827. The zero-order valence-corrected chi connectivity index (χ0v) is 10.2. The Morgan fingerprint density at radius 2 is 1.76 bits per heavy atom. The van der Waals surface area contributed by atoms with Crippen LogP contribution in [0.15, 0.2) is 35.1 Å². The summed E-state index contributed by atoms with van der Waals surface area (Å²) in [7, 11) is 1.64. The molecule has 0 aliphatic carbocycles. The summed E-state index contributed by atoms with van der Waals surface area (Å²) in [6.07, 6.45) is 0. The van der Waals surface area contributed by atoms with E-state index in [-0.39, 0.29) is 5.56 Å². The largest absolute Gasteiger partial charge is 0.497 e. The van der Waals surface area contributed by atoms with Crippen molar-refractivity contribution in [3.8, 4) is 16.9 Å². The molecule has 0 saturated carbocycles. The summed E-state index contributed by atoms with van der Waals surface area (Å²) in [5.41, 5.74) is 3.97. The Bertz CT molecular complexity index is 556. The Morgan fingerprint density at radius 1 is 1.12 bits per heavy atom. The second-order valence-electron chi connectivity index (χ2n) is 4.05. The van der Waals surface area contributed by atoms with E-state index >= 15 is 0 Å². The molecule has 1 aromatic heterocycles. The van der Waals surface area contributed by atoms with Crippen LogP contribution in [0.5, 0.6) is 5.75 Å². The Labute approximate surface area is 100 Å². The predicted molar refractivity (Wildman–Crippen MR) is 68.5 cm³/mol. The third kappa shape index (κ3) is 2.23. The lowest BCUT2D eigenvalue weighted by Crippen LogP contribution is -2.08. The van der Waals surface area contributed by atoms with E-state index in [1.807, 2.05) is 38.1 Å². The van der Waals surface area contributed by atoms with E-state index < -0.39 is 0 Å². The van der Waals surface area contributed by atoms with Gasteiger partial charge in [0.1, 0.15) is 5.75 Å². The van der Waals surface area contributed by atoms with Gasteiger partial charge in [-0.3, -0.25) is 4.79 Å². The zero-order chi connectivity index (χ0) is 12.4. The molecule has 3 nitrogen and oxygen atoms in total. The molecule has 0 atom stereocenters. The SMILES string of the molecule is COc1ccc(-c2c(C)cc(=O)[nH]c2C)cc1. The summed E-state index contributed by atoms with van der Waals surface area (Å²) >= 11 is 0. The Kier molecular flexibility index (Phi) is 3.00. The molecule has 1 aromatic carbocycles. The van der Waals surface area contributed by atoms with E-state index in [2.05, 4.69) is 4.98 Å². The minimum atomic E-state index is -0.0581. The fraction of sp³-hybridized carbons (Fsp3) is 0.214. The number of aryl methyl sites for hydroxylation is 2. The molecule has 17 heavy (non-hydrogen) atoms. The van der Waals surface area contributed by atoms with Gasteiger partial charge in [0.25, 0.3) is 0 Å². The van der Waals surface area contributed by atoms with Gasteiger partial charge in [0.2, 0.25) is 5.56 Å². The summed E-state index contributed by atoms with van der Waals surface area (Å²) in [6.45, 7) is 3.86. The minimum Gasteiger partial charge on any atom is -0.497 e. The molecule has 0 saturated heterocycles. The van der Waals surface area contributed by atoms with E-state index in [1.54, 1.807) is 13.2 Å². The quantitative estimate of drug-likeness (QED) is 0.860. The second kappa shape index (κ2) is 4.45. The number of methoxy groups -OCH3 is 1. The first kappa shape index (κ1) is 11.5. The van der Waals surface area contributed by atoms with Crippen LogP contribution in [0.4, 0.5) is 0 Å². The number of hydrogen-bond acceptors (Lipinski definition) is 2. The topological polar surface area (TPSA) is 42.1 Å². The van der Waals surface area contributed by atoms with Crippen molar-refractivity contribution in [1.82, 2.24) is 4.98 Å². The van der Waals surface area contributed by atoms with Crippen LogP contribution in [0.3, 0.4) is 0 Å². The number of rotatable bonds is 2. The number of pyridine rings is 1. The molecule has 0 aliphatic heterocycles. The first-order valence-corrected chi connectivity index (χ1v) is 5.47. The first-order valence-electron chi connectivity index (χ1n) is 5.47. The summed E-state index contributed by atoms with van der Waals surface area (Å²) in [6, 6.07) is 9.43. The van der Waals surface area contributed by atoms with Crippen LogP contribution in [-0.4, -0.2) is 12.1 Å². The molecule has 3 heteroatoms. The first-order chi connectivity index (χ1) is 8.11. The second-order valence-corrected chi connectivity index (χ2v) is 4.05. The highest BCUT2D eigenvalue weighted by atomic mass is 16.5. The fourth-order valence-corrected chi connectivity index (χ4v) is 2.05. The van der Waals surface area contributed by atoms with Crippen LogP contribution >= 0.6 is 0 Å². The number of nitrogens with one attached hydrogen (secondary N) is 1. The molecule has 1 heterocycles. The van der Waals surface area contributed by atoms with Crippen molar-refractivity contribution in [2.45, 2.75) is 13.8 Å². The Balaban J connectivity index is 2.56. The van der Waals surface area contributed by atoms with Gasteiger partial charge in [-0.15, -0.1) is 0 Å². The van der Waals surface area contributed by atoms with Crippen LogP contribution in [0.25, 0.3) is 11.1 Å². The lowest BCUT2D eigenvalue weighted by molar-refractivity contribution is 0.415. The lowest BCUT2D eigenvalue weighted by atomic mass is 9.99. The zero-order valence-electron chi connectivity index (χ0n) is 10.2. The summed E-state index contributed by atoms with van der Waals surface area (Å²) in [4.78, 5) is 14.1. The molecule has 88 valence electrons. The molecule has 0 aliphatic rings. The molecule has 0 fully saturated rings. The van der Waals surface area contributed by atoms with Gasteiger partial charge in [-0.2, -0.15) is 0 Å². The van der Waals surface area contributed by atoms with Crippen molar-refractivity contribution >= 4 is 0 Å². The van der Waals surface area contributed by atoms with Crippen LogP contribution < -0.4 is 10.3 Å². The van der Waals surface area contributed by atoms with Crippen LogP contribution in [0.2, 0.25) is 0 Å². The van der Waals surface area contributed by atoms with E-state index in [1.165, 1.54) is 0 Å². The maximum absolute atomic E-state index is 11.3. The maximum Gasteiger partial charge on any atom is 0.248 e. The molecule has 0 radical (unpaired) electrons. The van der Waals surface area contributed by atoms with E-state index in [0.29, 0.717) is 0 Å². The number of hydrogen-bond donors (Lipinski definition) is 1. The Hall–Kier alpha value is -2.03. The van der Waals surface area contributed by atoms with Crippen molar-refractivity contribution in [2.75, 3.05) is 7.11 Å². The highest BCUT2D eigenvalue weighted by Crippen LogP contribution is 2.26. The van der Waals surface area contributed by atoms with E-state index in [9.17, 15) is 4.79 Å². The number of aromatic nitrogens is 1. The van der Waals surface area contributed by atoms with Gasteiger partial charge >= 0.3 is 0 Å². The van der Waals surface area contributed by atoms with Gasteiger partial charge in [-0.05, 0) is 37.1 Å². The lowest BCUT2D eigenvalue weighted by Gasteiger charge is -2.10. The number of aromatic amines is 1. The smallest absolute Gasteiger partial charge is 0.248 e. The average Bonchev–Trinajstić information content (AvgIpc) is 2.28. The van der Waals surface area contributed by atoms with E-state index in [4.69, 9.17) is 4.74 Å². The normalized spacial score (nSPS) is 10.3. The van der Waals surface area contributed by atoms with Crippen molar-refractivity contribution in [2.24, 2.45) is 0 Å². The molecule has 0 unspecified atom stereocenters. The minimum absolute atomic E-state index is 0.0581. The van der Waals surface area contributed by atoms with Crippen LogP contribution in [-0.2, 0) is 0 Å². The third-order valence-corrected chi connectivity index (χ3v) is 2.81. The third-order valence-electron chi connectivity index (χ3n) is 2.81. The Morgan fingerprint density at radius 3 is 2.29 bits per heavy atom. The molecule has 2 aromatic rings. The number of benzene rings is 1. The predicted octanol–water partition coefficient (Wildman–Crippen LogP) is 2.67. The average molecular weight is 229 g/mol. The van der Waals surface area contributed by atoms with Gasteiger partial charge in [-0.1, -0.05) is 12.1 Å². The maximum atomic E-state index is 11.3. The monoisotopic (exact) mass is 229 g/mol. The van der Waals surface area contributed by atoms with Crippen molar-refractivity contribution in [1.29, 1.82) is 0 Å². The standard InChI is InChI=1S/C14H15NO2/c1-9-8-13(16)15-10(2)14(9)11-4-6-12(17-3)7-5-11/h4-8H,1-3H3,(H,15,16). The molecular formula is C14H15NO2. The highest BCUT2D eigenvalue weighted by Gasteiger charge is 2.07. The highest BCUT2D eigenvalue weighted by molar-refractivity contribution is 5.69. The van der Waals surface area contributed by atoms with Crippen LogP contribution in [0.1, 0.15) is 11.3 Å². The van der Waals surface area contributed by atoms with Crippen molar-refractivity contribution < 1.29 is 4.74 Å². The van der Waals surface area contributed by atoms with Gasteiger partial charge in [0.15, 0.2) is 0 Å². The number of H-pyrrole nitrogens is 1. The van der Waals surface area contributed by atoms with Gasteiger partial charge in [0.05, 0.1) is 7.11 Å². The van der Waals surface area contributed by atoms with Gasteiger partial charge < -0.3 is 9.72 Å². The van der Waals surface area contributed by atoms with Crippen molar-refractivity contribution in [3.63, 3.8) is 0 Å². The fourth-order valence-electron chi connectivity index (χ4n) is 2.05. The van der Waals surface area contributed by atoms with Gasteiger partial charge in [0, 0.05) is 17.3 Å². The molecule has 0 amide bonds. The molecule has 2 rings (SSSR count). The van der Waals surface area contributed by atoms with Crippen molar-refractivity contribution in [3.05, 3.63) is 51.9 Å². The molecule has 0 spiro atoms. The summed E-state index contributed by atoms with van der Waals surface area (Å²) in [5, 5.41) is 0. The molecule has 0 bridgehead atoms. The molecular weight excluding hydrogens is 214 g/mol. The number of ether oxygens (including phenoxy) is 1. The van der Waals surface area contributed by atoms with Crippen LogP contribution in [0, 0.1) is 13.8 Å². The summed E-state index contributed by atoms with van der Waals surface area (Å²) < 4.78 is 5.13. The molecule has 1 N–H and O–H groups in total. The van der Waals surface area contributed by atoms with E-state index in [0.717, 1.165) is 28.1 Å².